The van der Waals surface area contributed by atoms with E-state index >= 15 is 0 Å². The molecule has 7 nitrogen and oxygen atoms in total. The van der Waals surface area contributed by atoms with Gasteiger partial charge < -0.3 is 14.3 Å². The number of ether oxygens (including phenoxy) is 2. The summed E-state index contributed by atoms with van der Waals surface area (Å²) in [5, 5.41) is 0. The molecule has 0 aromatic heterocycles. The third-order valence-corrected chi connectivity index (χ3v) is 9.50. The van der Waals surface area contributed by atoms with Gasteiger partial charge in [-0.3, -0.25) is 9.69 Å². The molecule has 2 bridgehead atoms. The molecule has 5 heterocycles. The highest BCUT2D eigenvalue weighted by Crippen LogP contribution is 2.67. The third kappa shape index (κ3) is 1.83. The van der Waals surface area contributed by atoms with Gasteiger partial charge in [-0.15, -0.1) is 4.58 Å². The zero-order valence-electron chi connectivity index (χ0n) is 14.7. The summed E-state index contributed by atoms with van der Waals surface area (Å²) in [7, 11) is 2.73. The van der Waals surface area contributed by atoms with E-state index in [1.54, 1.807) is 17.9 Å². The minimum Gasteiger partial charge on any atom is -0.454 e. The molecule has 0 unspecified atom stereocenters. The molecule has 2 amide bonds. The van der Waals surface area contributed by atoms with Gasteiger partial charge in [0.25, 0.3) is 5.54 Å². The average molecular weight is 402 g/mol. The quantitative estimate of drug-likeness (QED) is 0.408. The van der Waals surface area contributed by atoms with Crippen molar-refractivity contribution in [2.24, 2.45) is 0 Å². The molecule has 1 spiro atoms. The van der Waals surface area contributed by atoms with Crippen molar-refractivity contribution in [2.75, 3.05) is 6.79 Å². The summed E-state index contributed by atoms with van der Waals surface area (Å²) in [5.74, 6) is 0.829. The number of hydrogen-bond acceptors (Lipinski definition) is 6. The zero-order chi connectivity index (χ0) is 19.2. The summed E-state index contributed by atoms with van der Waals surface area (Å²) in [6, 6.07) is 4.90. The molecule has 4 atom stereocenters. The molecule has 4 saturated heterocycles. The fourth-order valence-corrected chi connectivity index (χ4v) is 7.84. The highest BCUT2D eigenvalue weighted by atomic mass is 33.1. The summed E-state index contributed by atoms with van der Waals surface area (Å²) in [6.07, 6.45) is 0.257. The minimum absolute atomic E-state index is 0.148. The molecule has 1 aromatic rings. The van der Waals surface area contributed by atoms with Gasteiger partial charge in [-0.25, -0.2) is 11.4 Å². The van der Waals surface area contributed by atoms with Crippen LogP contribution in [0, 0.1) is 6.57 Å². The molecule has 1 aromatic carbocycles. The fourth-order valence-electron chi connectivity index (χ4n) is 4.39. The van der Waals surface area contributed by atoms with Crippen LogP contribution in [0.15, 0.2) is 18.2 Å². The first-order valence-electron chi connectivity index (χ1n) is 8.41. The summed E-state index contributed by atoms with van der Waals surface area (Å²) in [4.78, 5) is 30.0. The van der Waals surface area contributed by atoms with Crippen molar-refractivity contribution in [1.82, 2.24) is 4.90 Å². The first-order chi connectivity index (χ1) is 12.8. The number of fused-ring (bicyclic) bond motifs is 3. The van der Waals surface area contributed by atoms with E-state index in [1.165, 1.54) is 26.2 Å². The number of rotatable bonds is 1. The predicted molar refractivity (Wildman–Crippen MR) is 100 cm³/mol. The lowest BCUT2D eigenvalue weighted by Crippen LogP contribution is -2.71. The van der Waals surface area contributed by atoms with Gasteiger partial charge in [0.15, 0.2) is 11.5 Å². The maximum atomic E-state index is 13.5. The molecule has 0 N–H and O–H groups in total. The number of piperazine rings is 1. The highest BCUT2D eigenvalue weighted by Gasteiger charge is 2.81. The maximum absolute atomic E-state index is 13.5. The molecule has 0 saturated carbocycles. The van der Waals surface area contributed by atoms with Crippen molar-refractivity contribution >= 4 is 40.1 Å². The van der Waals surface area contributed by atoms with Gasteiger partial charge in [0.1, 0.15) is 12.8 Å². The smallest absolute Gasteiger partial charge is 0.425 e. The van der Waals surface area contributed by atoms with Gasteiger partial charge in [-0.2, -0.15) is 0 Å². The fraction of sp³-hybridized carbons (Fsp3) is 0.444. The Morgan fingerprint density at radius 1 is 1.30 bits per heavy atom. The molecule has 5 aliphatic rings. The van der Waals surface area contributed by atoms with E-state index in [0.717, 1.165) is 5.56 Å². The van der Waals surface area contributed by atoms with Crippen LogP contribution < -0.4 is 9.47 Å². The second kappa shape index (κ2) is 5.00. The van der Waals surface area contributed by atoms with E-state index in [4.69, 9.17) is 16.0 Å². The van der Waals surface area contributed by atoms with Crippen LogP contribution in [-0.2, 0) is 9.59 Å². The van der Waals surface area contributed by atoms with Crippen LogP contribution in [0.1, 0.15) is 31.9 Å². The molecule has 5 aliphatic heterocycles. The lowest BCUT2D eigenvalue weighted by molar-refractivity contribution is -0.491. The summed E-state index contributed by atoms with van der Waals surface area (Å²) in [5.41, 5.74) is -0.170. The van der Waals surface area contributed by atoms with Crippen LogP contribution in [0.25, 0.3) is 4.85 Å². The van der Waals surface area contributed by atoms with Crippen LogP contribution in [0.5, 0.6) is 11.5 Å². The van der Waals surface area contributed by atoms with E-state index in [9.17, 15) is 9.59 Å². The van der Waals surface area contributed by atoms with Gasteiger partial charge >= 0.3 is 16.7 Å². The van der Waals surface area contributed by atoms with Crippen LogP contribution in [0.2, 0.25) is 0 Å². The molecule has 4 fully saturated rings. The van der Waals surface area contributed by atoms with Crippen molar-refractivity contribution in [3.05, 3.63) is 35.2 Å². The number of benzene rings is 1. The number of nitrogens with zero attached hydrogens (tertiary/aromatic N) is 3. The lowest BCUT2D eigenvalue weighted by Gasteiger charge is -2.48. The van der Waals surface area contributed by atoms with E-state index < -0.39 is 21.3 Å². The standard InChI is InChI=1S/C18H16N3O4S2/c1-16(19-3)8-18-15(23)20(4)17(2,26-27-18)14(22)21(18)13(16)10-5-6-11-12(7-10)25-9-24-11/h5-7,13H,4,8-9H2,1-2H3/q+1/t13-,16-,17+,18-/m0/s1. The Bertz CT molecular complexity index is 991. The maximum Gasteiger partial charge on any atom is 0.425 e. The molecule has 27 heavy (non-hydrogen) atoms. The van der Waals surface area contributed by atoms with E-state index in [2.05, 4.69) is 11.6 Å². The highest BCUT2D eigenvalue weighted by molar-refractivity contribution is 8.78. The molecule has 0 radical (unpaired) electrons. The Kier molecular flexibility index (Phi) is 3.14. The van der Waals surface area contributed by atoms with Crippen molar-refractivity contribution in [3.63, 3.8) is 0 Å². The average Bonchev–Trinajstić information content (AvgIpc) is 3.23. The molecule has 9 heteroatoms. The normalized spacial score (nSPS) is 38.9. The van der Waals surface area contributed by atoms with Gasteiger partial charge in [0, 0.05) is 13.8 Å². The Hall–Kier alpha value is -2.18. The van der Waals surface area contributed by atoms with Crippen LogP contribution in [0.4, 0.5) is 0 Å². The molecule has 0 aliphatic carbocycles. The summed E-state index contributed by atoms with van der Waals surface area (Å²) >= 11 is 0. The first-order valence-corrected chi connectivity index (χ1v) is 10.6. The Morgan fingerprint density at radius 2 is 2.04 bits per heavy atom. The van der Waals surface area contributed by atoms with E-state index in [0.29, 0.717) is 11.5 Å². The molecule has 6 rings (SSSR count). The number of hydrogen-bond donors (Lipinski definition) is 0. The Morgan fingerprint density at radius 3 is 2.78 bits per heavy atom. The van der Waals surface area contributed by atoms with Crippen LogP contribution in [-0.4, -0.2) is 50.1 Å². The first kappa shape index (κ1) is 17.0. The molecular weight excluding hydrogens is 386 g/mol. The topological polar surface area (TPSA) is 63.2 Å². The molecule has 138 valence electrons. The van der Waals surface area contributed by atoms with Crippen molar-refractivity contribution in [3.8, 4) is 11.5 Å². The predicted octanol–water partition coefficient (Wildman–Crippen LogP) is 2.43. The SMILES string of the molecule is [C-]#[N+][C@@]1(C)C[C@@]23SS[C@](C)(C(=O)N2[C@H]1c1ccc2c(c1)OCO2)[N+](=C)C3=O. The van der Waals surface area contributed by atoms with E-state index in [-0.39, 0.29) is 25.0 Å². The summed E-state index contributed by atoms with van der Waals surface area (Å²) < 4.78 is 12.2. The van der Waals surface area contributed by atoms with Gasteiger partial charge in [-0.05, 0) is 39.3 Å². The molecular formula is C18H16N3O4S2+. The van der Waals surface area contributed by atoms with Crippen LogP contribution >= 0.6 is 21.6 Å². The Labute approximate surface area is 163 Å². The summed E-state index contributed by atoms with van der Waals surface area (Å²) in [6.45, 7) is 15.4. The second-order valence-corrected chi connectivity index (χ2v) is 10.3. The zero-order valence-corrected chi connectivity index (χ0v) is 16.4. The van der Waals surface area contributed by atoms with Gasteiger partial charge in [0.2, 0.25) is 11.7 Å². The third-order valence-electron chi connectivity index (χ3n) is 5.85. The van der Waals surface area contributed by atoms with Crippen LogP contribution in [0.3, 0.4) is 0 Å². The van der Waals surface area contributed by atoms with Crippen molar-refractivity contribution in [1.29, 1.82) is 0 Å². The number of carbonyl (C=O) groups excluding carboxylic acids is 2. The number of carbonyl (C=O) groups is 2. The second-order valence-electron chi connectivity index (χ2n) is 7.50. The van der Waals surface area contributed by atoms with Crippen molar-refractivity contribution < 1.29 is 23.6 Å². The van der Waals surface area contributed by atoms with Gasteiger partial charge in [0.05, 0.1) is 6.42 Å². The van der Waals surface area contributed by atoms with Crippen molar-refractivity contribution in [2.45, 2.75) is 41.6 Å². The minimum atomic E-state index is -1.11. The Balaban J connectivity index is 1.72. The number of amides is 2. The monoisotopic (exact) mass is 402 g/mol. The lowest BCUT2D eigenvalue weighted by atomic mass is 9.87. The largest absolute Gasteiger partial charge is 0.454 e. The van der Waals surface area contributed by atoms with Gasteiger partial charge in [-0.1, -0.05) is 6.07 Å². The van der Waals surface area contributed by atoms with E-state index in [1.807, 2.05) is 19.1 Å².